The molecule has 0 aromatic carbocycles. The largest absolute Gasteiger partial charge is 0.472 e. The molecule has 0 saturated heterocycles. The molecule has 0 rings (SSSR count). The van der Waals surface area contributed by atoms with Crippen molar-refractivity contribution in [3.05, 3.63) is 134 Å². The molecule has 16 nitrogen and oxygen atoms in total. The Hall–Kier alpha value is -4.31. The number of ether oxygens (including phenoxy) is 3. The van der Waals surface area contributed by atoms with E-state index in [9.17, 15) is 43.5 Å². The fraction of sp³-hybridized carbons (Fsp3) is 0.713. The molecule has 604 valence electrons. The van der Waals surface area contributed by atoms with Gasteiger partial charge in [-0.15, -0.1) is 0 Å². The molecule has 18 heteroatoms. The van der Waals surface area contributed by atoms with E-state index in [4.69, 9.17) is 32.3 Å². The Bertz CT molecular complexity index is 2440. The number of unbranched alkanes of at least 4 members (excludes halogenated alkanes) is 33. The maximum Gasteiger partial charge on any atom is 0.472 e. The molecule has 0 amide bonds. The summed E-state index contributed by atoms with van der Waals surface area (Å²) >= 11 is 0. The number of esters is 3. The van der Waals surface area contributed by atoms with Gasteiger partial charge in [0, 0.05) is 19.3 Å². The van der Waals surface area contributed by atoms with E-state index in [1.165, 1.54) is 116 Å². The molecule has 105 heavy (non-hydrogen) atoms. The second-order valence-electron chi connectivity index (χ2n) is 27.5. The second kappa shape index (κ2) is 79.2. The molecule has 0 aliphatic rings. The summed E-state index contributed by atoms with van der Waals surface area (Å²) in [5, 5.41) is 20.7. The van der Waals surface area contributed by atoms with Gasteiger partial charge in [-0.05, 0) is 141 Å². The van der Waals surface area contributed by atoms with Gasteiger partial charge in [0.1, 0.15) is 25.4 Å². The van der Waals surface area contributed by atoms with E-state index in [0.29, 0.717) is 19.3 Å². The summed E-state index contributed by atoms with van der Waals surface area (Å²) in [5.41, 5.74) is 0. The van der Waals surface area contributed by atoms with E-state index in [-0.39, 0.29) is 19.3 Å². The average molecular weight is 1510 g/mol. The Labute approximate surface area is 639 Å². The van der Waals surface area contributed by atoms with Crippen molar-refractivity contribution in [2.24, 2.45) is 0 Å². The molecule has 0 aliphatic carbocycles. The number of hydrogen-bond acceptors (Lipinski definition) is 14. The zero-order chi connectivity index (χ0) is 76.6. The highest BCUT2D eigenvalue weighted by Gasteiger charge is 2.29. The highest BCUT2D eigenvalue weighted by molar-refractivity contribution is 7.47. The summed E-state index contributed by atoms with van der Waals surface area (Å²) in [5.74, 6) is -1.59. The molecular formula is C87H150O16P2. The number of carbonyl (C=O) groups excluding carboxylic acids is 3. The van der Waals surface area contributed by atoms with Crippen molar-refractivity contribution in [2.45, 2.75) is 360 Å². The van der Waals surface area contributed by atoms with Crippen molar-refractivity contribution >= 4 is 33.6 Å². The van der Waals surface area contributed by atoms with Gasteiger partial charge in [-0.25, -0.2) is 9.13 Å². The van der Waals surface area contributed by atoms with Gasteiger partial charge in [0.15, 0.2) is 6.10 Å². The molecule has 4 N–H and O–H groups in total. The van der Waals surface area contributed by atoms with Crippen molar-refractivity contribution in [2.75, 3.05) is 39.6 Å². The summed E-state index contributed by atoms with van der Waals surface area (Å²) in [6.07, 6.45) is 96.5. The lowest BCUT2D eigenvalue weighted by atomic mass is 10.0. The van der Waals surface area contributed by atoms with Crippen LogP contribution in [0.2, 0.25) is 0 Å². The molecule has 0 saturated carbocycles. The van der Waals surface area contributed by atoms with E-state index in [2.05, 4.69) is 154 Å². The molecule has 0 spiro atoms. The Balaban J connectivity index is 4.44. The van der Waals surface area contributed by atoms with Gasteiger partial charge in [-0.2, -0.15) is 0 Å². The van der Waals surface area contributed by atoms with Crippen LogP contribution in [-0.2, 0) is 55.8 Å². The lowest BCUT2D eigenvalue weighted by Crippen LogP contribution is -2.30. The lowest BCUT2D eigenvalue weighted by Gasteiger charge is -2.21. The minimum atomic E-state index is -4.94. The third-order valence-electron chi connectivity index (χ3n) is 17.3. The van der Waals surface area contributed by atoms with E-state index < -0.39 is 91.5 Å². The topological polar surface area (TPSA) is 231 Å². The molecule has 0 bridgehead atoms. The van der Waals surface area contributed by atoms with Gasteiger partial charge < -0.3 is 34.2 Å². The average Bonchev–Trinajstić information content (AvgIpc) is 1.00. The van der Waals surface area contributed by atoms with Crippen LogP contribution in [0.4, 0.5) is 0 Å². The first kappa shape index (κ1) is 101. The first-order valence-electron chi connectivity index (χ1n) is 41.5. The Morgan fingerprint density at radius 1 is 0.276 bits per heavy atom. The maximum absolute atomic E-state index is 13.0. The summed E-state index contributed by atoms with van der Waals surface area (Å²) < 4.78 is 61.2. The van der Waals surface area contributed by atoms with Gasteiger partial charge in [-0.1, -0.05) is 315 Å². The molecule has 0 fully saturated rings. The summed E-state index contributed by atoms with van der Waals surface area (Å²) in [7, 11) is -9.79. The standard InChI is InChI=1S/C87H150O16P2/c1-4-7-10-13-16-19-22-25-27-29-31-33-35-36-37-38-39-40-41-42-43-44-46-48-49-51-53-56-58-61-64-67-70-73-85(90)97-76-82(88)77-99-104(93,94)100-78-83(89)79-101-105(95,96)102-81-84(103-87(92)75-72-69-66-63-60-55-24-21-18-15-12-9-6-3)80-98-86(91)74-71-68-65-62-59-57-54-52-50-47-45-34-32-30-28-26-23-20-17-14-11-8-5-2/h7,10,16-17,19-21,24-28,31-34,36-37,39-40,47,50,82-84,88-89H,4-6,8-9,11-15,18,22-23,29-30,35,38,41-46,48-49,51-81H2,1-3H3,(H,93,94)(H,95,96)/b10-7-,19-16-,20-17-,24-21-,27-25-,28-26-,33-31-,34-32-,37-36-,40-39-,50-47-. The number of rotatable bonds is 78. The van der Waals surface area contributed by atoms with E-state index in [0.717, 1.165) is 167 Å². The monoisotopic (exact) mass is 1510 g/mol. The van der Waals surface area contributed by atoms with Crippen LogP contribution in [0, 0.1) is 0 Å². The van der Waals surface area contributed by atoms with E-state index in [1.54, 1.807) is 0 Å². The van der Waals surface area contributed by atoms with Crippen LogP contribution in [-0.4, -0.2) is 95.9 Å². The van der Waals surface area contributed by atoms with Crippen LogP contribution in [0.1, 0.15) is 342 Å². The van der Waals surface area contributed by atoms with Gasteiger partial charge in [0.25, 0.3) is 0 Å². The first-order chi connectivity index (χ1) is 51.2. The normalized spacial score (nSPS) is 14.6. The van der Waals surface area contributed by atoms with Gasteiger partial charge in [-0.3, -0.25) is 32.5 Å². The maximum atomic E-state index is 13.0. The number of phosphoric acid groups is 2. The Kier molecular flexibility index (Phi) is 76.0. The highest BCUT2D eigenvalue weighted by atomic mass is 31.2. The zero-order valence-corrected chi connectivity index (χ0v) is 67.9. The number of aliphatic hydroxyl groups is 2. The molecule has 0 aromatic heterocycles. The number of aliphatic hydroxyl groups excluding tert-OH is 2. The summed E-state index contributed by atoms with van der Waals surface area (Å²) in [6, 6.07) is 0. The predicted octanol–water partition coefficient (Wildman–Crippen LogP) is 24.7. The minimum absolute atomic E-state index is 0.0908. The third-order valence-corrected chi connectivity index (χ3v) is 19.2. The molecule has 5 unspecified atom stereocenters. The van der Waals surface area contributed by atoms with Crippen LogP contribution in [0.3, 0.4) is 0 Å². The highest BCUT2D eigenvalue weighted by Crippen LogP contribution is 2.45. The molecular weight excluding hydrogens is 1360 g/mol. The number of hydrogen-bond donors (Lipinski definition) is 4. The Morgan fingerprint density at radius 2 is 0.505 bits per heavy atom. The lowest BCUT2D eigenvalue weighted by molar-refractivity contribution is -0.161. The Morgan fingerprint density at radius 3 is 0.829 bits per heavy atom. The van der Waals surface area contributed by atoms with Gasteiger partial charge in [0.2, 0.25) is 0 Å². The smallest absolute Gasteiger partial charge is 0.463 e. The molecule has 5 atom stereocenters. The number of carbonyl (C=O) groups is 3. The minimum Gasteiger partial charge on any atom is -0.463 e. The summed E-state index contributed by atoms with van der Waals surface area (Å²) in [6.45, 7) is 2.52. The fourth-order valence-corrected chi connectivity index (χ4v) is 12.6. The van der Waals surface area contributed by atoms with Gasteiger partial charge >= 0.3 is 33.6 Å². The van der Waals surface area contributed by atoms with Crippen molar-refractivity contribution in [1.29, 1.82) is 0 Å². The zero-order valence-electron chi connectivity index (χ0n) is 66.1. The SMILES string of the molecule is CC/C=C\C/C=C\C/C=C\C/C=C\C/C=C\C/C=C\CCCCCCCCCCCCCCCCC(=O)OCC(O)COP(=O)(O)OCC(O)COP(=O)(O)OCC(COC(=O)CCCCCCCCC/C=C\C/C=C\C/C=C\C/C=C\CCCCC)OC(=O)CCCCCCC/C=C\CCCCCC. The van der Waals surface area contributed by atoms with Gasteiger partial charge in [0.05, 0.1) is 26.4 Å². The second-order valence-corrected chi connectivity index (χ2v) is 30.4. The van der Waals surface area contributed by atoms with E-state index in [1.807, 2.05) is 0 Å². The predicted molar refractivity (Wildman–Crippen MR) is 436 cm³/mol. The van der Waals surface area contributed by atoms with Crippen molar-refractivity contribution in [1.82, 2.24) is 0 Å². The van der Waals surface area contributed by atoms with Crippen LogP contribution >= 0.6 is 15.6 Å². The van der Waals surface area contributed by atoms with E-state index >= 15 is 0 Å². The molecule has 0 aliphatic heterocycles. The van der Waals surface area contributed by atoms with Crippen LogP contribution in [0.15, 0.2) is 134 Å². The van der Waals surface area contributed by atoms with Crippen molar-refractivity contribution < 1.29 is 75.8 Å². The van der Waals surface area contributed by atoms with Crippen LogP contribution in [0.25, 0.3) is 0 Å². The van der Waals surface area contributed by atoms with Crippen molar-refractivity contribution in [3.63, 3.8) is 0 Å². The van der Waals surface area contributed by atoms with Crippen LogP contribution in [0.5, 0.6) is 0 Å². The van der Waals surface area contributed by atoms with Crippen LogP contribution < -0.4 is 0 Å². The molecule has 0 heterocycles. The molecule has 0 aromatic rings. The fourth-order valence-electron chi connectivity index (χ4n) is 11.0. The molecule has 0 radical (unpaired) electrons. The van der Waals surface area contributed by atoms with Crippen molar-refractivity contribution in [3.8, 4) is 0 Å². The third kappa shape index (κ3) is 80.5. The number of phosphoric ester groups is 2. The first-order valence-corrected chi connectivity index (χ1v) is 44.5. The summed E-state index contributed by atoms with van der Waals surface area (Å²) in [4.78, 5) is 58.7. The number of allylic oxidation sites excluding steroid dienone is 22. The quantitative estimate of drug-likeness (QED) is 0.0146.